The molecule has 1 aliphatic heterocycles. The summed E-state index contributed by atoms with van der Waals surface area (Å²) in [6, 6.07) is 14.7. The van der Waals surface area contributed by atoms with Gasteiger partial charge in [-0.15, -0.1) is 0 Å². The Morgan fingerprint density at radius 1 is 1.13 bits per heavy atom. The first-order chi connectivity index (χ1) is 15.1. The number of nitrogens with zero attached hydrogens (tertiary/aromatic N) is 1. The van der Waals surface area contributed by atoms with Gasteiger partial charge in [-0.25, -0.2) is 0 Å². The van der Waals surface area contributed by atoms with E-state index in [0.29, 0.717) is 31.9 Å². The molecule has 1 N–H and O–H groups in total. The zero-order valence-electron chi connectivity index (χ0n) is 18.4. The first-order valence-corrected chi connectivity index (χ1v) is 11.1. The Morgan fingerprint density at radius 3 is 2.68 bits per heavy atom. The Kier molecular flexibility index (Phi) is 8.33. The average Bonchev–Trinajstić information content (AvgIpc) is 3.00. The second-order valence-corrected chi connectivity index (χ2v) is 7.87. The summed E-state index contributed by atoms with van der Waals surface area (Å²) in [5.74, 6) is 1.19. The monoisotopic (exact) mass is 424 g/mol. The minimum atomic E-state index is -0.495. The zero-order chi connectivity index (χ0) is 22.1. The Balaban J connectivity index is 1.77. The number of rotatable bonds is 9. The molecule has 31 heavy (non-hydrogen) atoms. The number of ether oxygens (including phenoxy) is 2. The van der Waals surface area contributed by atoms with Crippen LogP contribution in [-0.2, 0) is 16.1 Å². The summed E-state index contributed by atoms with van der Waals surface area (Å²) in [4.78, 5) is 27.5. The fourth-order valence-corrected chi connectivity index (χ4v) is 3.72. The van der Waals surface area contributed by atoms with Crippen molar-refractivity contribution in [2.24, 2.45) is 0 Å². The maximum Gasteiger partial charge on any atom is 0.261 e. The van der Waals surface area contributed by atoms with E-state index in [9.17, 15) is 9.59 Å². The third-order valence-electron chi connectivity index (χ3n) is 5.36. The van der Waals surface area contributed by atoms with Gasteiger partial charge in [0.25, 0.3) is 5.91 Å². The highest BCUT2D eigenvalue weighted by atomic mass is 16.5. The first-order valence-electron chi connectivity index (χ1n) is 11.1. The van der Waals surface area contributed by atoms with Crippen LogP contribution in [0.25, 0.3) is 0 Å². The molecule has 3 rings (SSSR count). The fraction of sp³-hybridized carbons (Fsp3) is 0.440. The van der Waals surface area contributed by atoms with Gasteiger partial charge in [0.2, 0.25) is 5.91 Å². The maximum atomic E-state index is 13.2. The van der Waals surface area contributed by atoms with E-state index in [-0.39, 0.29) is 18.4 Å². The molecule has 1 heterocycles. The number of carbonyl (C=O) groups excluding carboxylic acids is 2. The van der Waals surface area contributed by atoms with Crippen LogP contribution in [0.4, 0.5) is 0 Å². The molecule has 0 saturated carbocycles. The second-order valence-electron chi connectivity index (χ2n) is 7.87. The molecule has 1 unspecified atom stereocenters. The molecule has 6 heteroatoms. The van der Waals surface area contributed by atoms with E-state index in [1.54, 1.807) is 4.90 Å². The number of carbonyl (C=O) groups is 2. The van der Waals surface area contributed by atoms with Crippen molar-refractivity contribution in [1.82, 2.24) is 10.2 Å². The van der Waals surface area contributed by atoms with Crippen molar-refractivity contribution in [3.8, 4) is 11.5 Å². The van der Waals surface area contributed by atoms with Crippen LogP contribution in [0, 0.1) is 6.92 Å². The Bertz CT molecular complexity index is 869. The first kappa shape index (κ1) is 22.7. The van der Waals surface area contributed by atoms with Crippen LogP contribution >= 0.6 is 0 Å². The van der Waals surface area contributed by atoms with E-state index in [1.165, 1.54) is 0 Å². The van der Waals surface area contributed by atoms with Crippen LogP contribution in [0.5, 0.6) is 11.5 Å². The molecule has 0 radical (unpaired) electrons. The van der Waals surface area contributed by atoms with E-state index < -0.39 is 6.04 Å². The summed E-state index contributed by atoms with van der Waals surface area (Å²) in [6.45, 7) is 5.64. The van der Waals surface area contributed by atoms with Gasteiger partial charge in [0.15, 0.2) is 6.61 Å². The minimum Gasteiger partial charge on any atom is -0.493 e. The molecule has 0 aliphatic carbocycles. The van der Waals surface area contributed by atoms with Crippen LogP contribution in [0.3, 0.4) is 0 Å². The molecule has 2 aromatic rings. The van der Waals surface area contributed by atoms with Crippen molar-refractivity contribution >= 4 is 11.8 Å². The normalized spacial score (nSPS) is 16.2. The quantitative estimate of drug-likeness (QED) is 0.664. The number of hydrogen-bond acceptors (Lipinski definition) is 4. The van der Waals surface area contributed by atoms with Gasteiger partial charge in [0.1, 0.15) is 17.5 Å². The van der Waals surface area contributed by atoms with Gasteiger partial charge >= 0.3 is 0 Å². The van der Waals surface area contributed by atoms with Crippen molar-refractivity contribution < 1.29 is 19.1 Å². The molecule has 1 atom stereocenters. The summed E-state index contributed by atoms with van der Waals surface area (Å²) in [6.07, 6.45) is 3.42. The van der Waals surface area contributed by atoms with E-state index in [1.807, 2.05) is 55.5 Å². The van der Waals surface area contributed by atoms with Crippen molar-refractivity contribution in [3.05, 3.63) is 59.7 Å². The molecule has 1 aliphatic rings. The number of para-hydroxylation sites is 1. The summed E-state index contributed by atoms with van der Waals surface area (Å²) in [5, 5.41) is 2.94. The smallest absolute Gasteiger partial charge is 0.261 e. The standard InChI is InChI=1S/C25H32N2O4/c1-3-15-30-23-13-12-20(16-19(23)2)17-27(22-11-7-8-14-26-25(22)29)24(28)18-31-21-9-5-4-6-10-21/h4-6,9-10,12-13,16,22H,3,7-8,11,14-15,17-18H2,1-2H3,(H,26,29). The highest BCUT2D eigenvalue weighted by Gasteiger charge is 2.31. The molecular weight excluding hydrogens is 392 g/mol. The molecule has 0 aromatic heterocycles. The van der Waals surface area contributed by atoms with Gasteiger partial charge in [-0.1, -0.05) is 37.3 Å². The summed E-state index contributed by atoms with van der Waals surface area (Å²) in [5.41, 5.74) is 1.98. The van der Waals surface area contributed by atoms with E-state index in [0.717, 1.165) is 36.1 Å². The highest BCUT2D eigenvalue weighted by Crippen LogP contribution is 2.23. The maximum absolute atomic E-state index is 13.2. The Morgan fingerprint density at radius 2 is 1.94 bits per heavy atom. The SMILES string of the molecule is CCCOc1ccc(CN(C(=O)COc2ccccc2)C2CCCCNC2=O)cc1C. The van der Waals surface area contributed by atoms with Gasteiger partial charge in [-0.2, -0.15) is 0 Å². The number of hydrogen-bond donors (Lipinski definition) is 1. The number of benzene rings is 2. The van der Waals surface area contributed by atoms with Gasteiger partial charge < -0.3 is 19.7 Å². The van der Waals surface area contributed by atoms with Crippen molar-refractivity contribution in [2.45, 2.75) is 52.1 Å². The summed E-state index contributed by atoms with van der Waals surface area (Å²) < 4.78 is 11.5. The largest absolute Gasteiger partial charge is 0.493 e. The fourth-order valence-electron chi connectivity index (χ4n) is 3.72. The molecule has 2 amide bonds. The van der Waals surface area contributed by atoms with Crippen LogP contribution < -0.4 is 14.8 Å². The predicted molar refractivity (Wildman–Crippen MR) is 120 cm³/mol. The predicted octanol–water partition coefficient (Wildman–Crippen LogP) is 3.86. The van der Waals surface area contributed by atoms with Crippen LogP contribution in [0.1, 0.15) is 43.7 Å². The van der Waals surface area contributed by atoms with Gasteiger partial charge in [-0.3, -0.25) is 9.59 Å². The molecule has 1 fully saturated rings. The molecule has 0 bridgehead atoms. The zero-order valence-corrected chi connectivity index (χ0v) is 18.4. The molecule has 166 valence electrons. The second kappa shape index (κ2) is 11.4. The van der Waals surface area contributed by atoms with E-state index >= 15 is 0 Å². The lowest BCUT2D eigenvalue weighted by atomic mass is 10.1. The highest BCUT2D eigenvalue weighted by molar-refractivity contribution is 5.88. The van der Waals surface area contributed by atoms with Crippen LogP contribution in [0.15, 0.2) is 48.5 Å². The number of nitrogens with one attached hydrogen (secondary N) is 1. The third kappa shape index (κ3) is 6.48. The lowest BCUT2D eigenvalue weighted by Crippen LogP contribution is -2.49. The van der Waals surface area contributed by atoms with Crippen molar-refractivity contribution in [2.75, 3.05) is 19.8 Å². The molecular formula is C25H32N2O4. The summed E-state index contributed by atoms with van der Waals surface area (Å²) in [7, 11) is 0. The van der Waals surface area contributed by atoms with E-state index in [2.05, 4.69) is 12.2 Å². The lowest BCUT2D eigenvalue weighted by molar-refractivity contribution is -0.142. The van der Waals surface area contributed by atoms with Gasteiger partial charge in [-0.05, 0) is 61.9 Å². The van der Waals surface area contributed by atoms with Gasteiger partial charge in [0, 0.05) is 13.1 Å². The van der Waals surface area contributed by atoms with Crippen LogP contribution in [-0.4, -0.2) is 42.5 Å². The van der Waals surface area contributed by atoms with Crippen molar-refractivity contribution in [1.29, 1.82) is 0 Å². The molecule has 0 spiro atoms. The topological polar surface area (TPSA) is 67.9 Å². The Labute approximate surface area is 184 Å². The minimum absolute atomic E-state index is 0.0924. The summed E-state index contributed by atoms with van der Waals surface area (Å²) >= 11 is 0. The van der Waals surface area contributed by atoms with Crippen molar-refractivity contribution in [3.63, 3.8) is 0 Å². The molecule has 1 saturated heterocycles. The van der Waals surface area contributed by atoms with E-state index in [4.69, 9.17) is 9.47 Å². The number of amides is 2. The lowest BCUT2D eigenvalue weighted by Gasteiger charge is -2.30. The molecule has 6 nitrogen and oxygen atoms in total. The number of aryl methyl sites for hydroxylation is 1. The van der Waals surface area contributed by atoms with Gasteiger partial charge in [0.05, 0.1) is 6.61 Å². The average molecular weight is 425 g/mol. The van der Waals surface area contributed by atoms with Crippen LogP contribution in [0.2, 0.25) is 0 Å². The molecule has 2 aromatic carbocycles. The third-order valence-corrected chi connectivity index (χ3v) is 5.36. The Hall–Kier alpha value is -3.02.